The van der Waals surface area contributed by atoms with Crippen molar-refractivity contribution in [3.63, 3.8) is 0 Å². The number of hydrogen-bond acceptors (Lipinski definition) is 2. The molecule has 0 saturated heterocycles. The van der Waals surface area contributed by atoms with Crippen LogP contribution in [0.3, 0.4) is 0 Å². The van der Waals surface area contributed by atoms with E-state index in [4.69, 9.17) is 0 Å². The lowest BCUT2D eigenvalue weighted by molar-refractivity contribution is 0.477. The molecule has 0 fully saturated rings. The van der Waals surface area contributed by atoms with Gasteiger partial charge < -0.3 is 0 Å². The van der Waals surface area contributed by atoms with Gasteiger partial charge in [0.2, 0.25) is 0 Å². The van der Waals surface area contributed by atoms with Crippen LogP contribution in [0.1, 0.15) is 18.9 Å². The average molecular weight is 179 g/mol. The Morgan fingerprint density at radius 1 is 1.42 bits per heavy atom. The zero-order valence-electron chi connectivity index (χ0n) is 7.29. The van der Waals surface area contributed by atoms with Crippen molar-refractivity contribution in [1.29, 1.82) is 0 Å². The molecule has 2 heteroatoms. The van der Waals surface area contributed by atoms with Crippen LogP contribution in [0.4, 0.5) is 0 Å². The Morgan fingerprint density at radius 2 is 2.25 bits per heavy atom. The topological polar surface area (TPSA) is 3.24 Å². The van der Waals surface area contributed by atoms with Gasteiger partial charge in [0.25, 0.3) is 0 Å². The predicted molar refractivity (Wildman–Crippen MR) is 53.0 cm³/mol. The Bertz CT molecular complexity index is 247. The van der Waals surface area contributed by atoms with Crippen molar-refractivity contribution in [2.45, 2.75) is 24.8 Å². The molecule has 0 aliphatic carbocycles. The highest BCUT2D eigenvalue weighted by atomic mass is 32.2. The Balaban J connectivity index is 2.11. The Hall–Kier alpha value is -0.470. The maximum Gasteiger partial charge on any atom is 0.0355 e. The van der Waals surface area contributed by atoms with Gasteiger partial charge in [-0.3, -0.25) is 0 Å². The Kier molecular flexibility index (Phi) is 2.38. The summed E-state index contributed by atoms with van der Waals surface area (Å²) in [6, 6.07) is 8.66. The molecule has 0 bridgehead atoms. The monoisotopic (exact) mass is 179 g/mol. The molecular weight excluding hydrogens is 166 g/mol. The van der Waals surface area contributed by atoms with Crippen molar-refractivity contribution >= 4 is 11.9 Å². The molecule has 0 amide bonds. The van der Waals surface area contributed by atoms with Gasteiger partial charge in [-0.25, -0.2) is 4.31 Å². The van der Waals surface area contributed by atoms with Gasteiger partial charge in [-0.05, 0) is 30.0 Å². The Morgan fingerprint density at radius 3 is 3.00 bits per heavy atom. The third kappa shape index (κ3) is 1.50. The van der Waals surface area contributed by atoms with E-state index in [9.17, 15) is 0 Å². The zero-order chi connectivity index (χ0) is 8.39. The molecule has 0 atom stereocenters. The first-order valence-corrected chi connectivity index (χ1v) is 5.18. The molecule has 1 aromatic rings. The number of rotatable bonds is 2. The van der Waals surface area contributed by atoms with E-state index < -0.39 is 0 Å². The first kappa shape index (κ1) is 8.14. The summed E-state index contributed by atoms with van der Waals surface area (Å²) in [7, 11) is 0. The van der Waals surface area contributed by atoms with Gasteiger partial charge in [0, 0.05) is 18.0 Å². The SMILES string of the molecule is CCCN1Cc2ccccc2S1. The second-order valence-corrected chi connectivity index (χ2v) is 4.20. The molecule has 1 aliphatic heterocycles. The van der Waals surface area contributed by atoms with Crippen molar-refractivity contribution in [3.8, 4) is 0 Å². The van der Waals surface area contributed by atoms with Gasteiger partial charge in [-0.15, -0.1) is 0 Å². The molecule has 0 N–H and O–H groups in total. The maximum absolute atomic E-state index is 2.42. The molecule has 0 spiro atoms. The molecule has 1 nitrogen and oxygen atoms in total. The minimum atomic E-state index is 1.12. The molecule has 0 aromatic heterocycles. The lowest BCUT2D eigenvalue weighted by Crippen LogP contribution is -2.10. The van der Waals surface area contributed by atoms with Crippen LogP contribution in [0.15, 0.2) is 29.2 Å². The highest BCUT2D eigenvalue weighted by Gasteiger charge is 2.17. The minimum absolute atomic E-state index is 1.12. The molecule has 0 saturated carbocycles. The highest BCUT2D eigenvalue weighted by Crippen LogP contribution is 2.35. The van der Waals surface area contributed by atoms with Crippen molar-refractivity contribution in [2.75, 3.05) is 6.54 Å². The van der Waals surface area contributed by atoms with E-state index in [1.165, 1.54) is 23.4 Å². The van der Waals surface area contributed by atoms with Crippen LogP contribution in [-0.2, 0) is 6.54 Å². The van der Waals surface area contributed by atoms with Gasteiger partial charge >= 0.3 is 0 Å². The molecular formula is C10H13NS. The van der Waals surface area contributed by atoms with Gasteiger partial charge in [0.1, 0.15) is 0 Å². The second kappa shape index (κ2) is 3.50. The summed E-state index contributed by atoms with van der Waals surface area (Å²) in [5.74, 6) is 0. The fourth-order valence-electron chi connectivity index (χ4n) is 1.46. The summed E-state index contributed by atoms with van der Waals surface area (Å²) in [5.41, 5.74) is 1.48. The van der Waals surface area contributed by atoms with Crippen LogP contribution in [0.2, 0.25) is 0 Å². The first-order valence-electron chi connectivity index (χ1n) is 4.41. The normalized spacial score (nSPS) is 16.4. The summed E-state index contributed by atoms with van der Waals surface area (Å²) in [6.07, 6.45) is 1.24. The van der Waals surface area contributed by atoms with Crippen molar-refractivity contribution < 1.29 is 0 Å². The first-order chi connectivity index (χ1) is 5.90. The number of fused-ring (bicyclic) bond motifs is 1. The van der Waals surface area contributed by atoms with E-state index >= 15 is 0 Å². The molecule has 1 aromatic carbocycles. The van der Waals surface area contributed by atoms with Crippen LogP contribution in [0.25, 0.3) is 0 Å². The van der Waals surface area contributed by atoms with E-state index in [0.29, 0.717) is 0 Å². The fourth-order valence-corrected chi connectivity index (χ4v) is 2.60. The van der Waals surface area contributed by atoms with Crippen LogP contribution >= 0.6 is 11.9 Å². The standard InChI is InChI=1S/C10H13NS/c1-2-7-11-8-9-5-3-4-6-10(9)12-11/h3-6H,2,7-8H2,1H3. The van der Waals surface area contributed by atoms with Gasteiger partial charge in [0.05, 0.1) is 0 Å². The Labute approximate surface area is 77.9 Å². The summed E-state index contributed by atoms with van der Waals surface area (Å²) >= 11 is 1.89. The van der Waals surface area contributed by atoms with E-state index in [2.05, 4.69) is 35.5 Å². The lowest BCUT2D eigenvalue weighted by Gasteiger charge is -2.10. The summed E-state index contributed by atoms with van der Waals surface area (Å²) in [5, 5.41) is 0. The number of hydrogen-bond donors (Lipinski definition) is 0. The van der Waals surface area contributed by atoms with Crippen molar-refractivity contribution in [3.05, 3.63) is 29.8 Å². The smallest absolute Gasteiger partial charge is 0.0355 e. The molecule has 0 unspecified atom stereocenters. The van der Waals surface area contributed by atoms with Gasteiger partial charge in [-0.1, -0.05) is 25.1 Å². The van der Waals surface area contributed by atoms with E-state index in [-0.39, 0.29) is 0 Å². The maximum atomic E-state index is 2.42. The van der Waals surface area contributed by atoms with Crippen LogP contribution < -0.4 is 0 Å². The van der Waals surface area contributed by atoms with Crippen LogP contribution in [0, 0.1) is 0 Å². The summed E-state index contributed by atoms with van der Waals surface area (Å²) in [6.45, 7) is 4.54. The second-order valence-electron chi connectivity index (χ2n) is 3.06. The molecule has 1 heterocycles. The molecule has 12 heavy (non-hydrogen) atoms. The zero-order valence-corrected chi connectivity index (χ0v) is 8.10. The number of benzene rings is 1. The highest BCUT2D eigenvalue weighted by molar-refractivity contribution is 7.97. The van der Waals surface area contributed by atoms with E-state index in [0.717, 1.165) is 6.54 Å². The predicted octanol–water partition coefficient (Wildman–Crippen LogP) is 2.92. The van der Waals surface area contributed by atoms with Gasteiger partial charge in [-0.2, -0.15) is 0 Å². The molecule has 1 aliphatic rings. The van der Waals surface area contributed by atoms with Crippen molar-refractivity contribution in [2.24, 2.45) is 0 Å². The average Bonchev–Trinajstić information content (AvgIpc) is 2.47. The molecule has 2 rings (SSSR count). The number of nitrogens with zero attached hydrogens (tertiary/aromatic N) is 1. The van der Waals surface area contributed by atoms with Crippen LogP contribution in [0.5, 0.6) is 0 Å². The van der Waals surface area contributed by atoms with Crippen molar-refractivity contribution in [1.82, 2.24) is 4.31 Å². The van der Waals surface area contributed by atoms with E-state index in [1.807, 2.05) is 11.9 Å². The van der Waals surface area contributed by atoms with Gasteiger partial charge in [0.15, 0.2) is 0 Å². The minimum Gasteiger partial charge on any atom is -0.242 e. The third-order valence-corrected chi connectivity index (χ3v) is 3.18. The van der Waals surface area contributed by atoms with Crippen LogP contribution in [-0.4, -0.2) is 10.8 Å². The third-order valence-electron chi connectivity index (χ3n) is 2.02. The fraction of sp³-hybridized carbons (Fsp3) is 0.400. The summed E-state index contributed by atoms with van der Waals surface area (Å²) < 4.78 is 2.42. The molecule has 64 valence electrons. The lowest BCUT2D eigenvalue weighted by atomic mass is 10.2. The van der Waals surface area contributed by atoms with E-state index in [1.54, 1.807) is 0 Å². The summed E-state index contributed by atoms with van der Waals surface area (Å²) in [4.78, 5) is 1.44. The largest absolute Gasteiger partial charge is 0.242 e. The molecule has 0 radical (unpaired) electrons. The quantitative estimate of drug-likeness (QED) is 0.642.